The number of rotatable bonds is 5. The highest BCUT2D eigenvalue weighted by Gasteiger charge is 2.13. The van der Waals surface area contributed by atoms with E-state index in [1.807, 2.05) is 0 Å². The summed E-state index contributed by atoms with van der Waals surface area (Å²) >= 11 is 0. The third kappa shape index (κ3) is 6.94. The number of aliphatic hydroxyl groups is 1. The molecule has 1 aliphatic heterocycles. The van der Waals surface area contributed by atoms with Crippen LogP contribution in [0.4, 0.5) is 0 Å². The molecule has 2 rings (SSSR count). The van der Waals surface area contributed by atoms with Gasteiger partial charge >= 0.3 is 5.97 Å². The molecule has 1 atom stereocenters. The minimum absolute atomic E-state index is 0.326. The van der Waals surface area contributed by atoms with Crippen molar-refractivity contribution in [3.63, 3.8) is 0 Å². The minimum Gasteiger partial charge on any atom is -0.478 e. The van der Waals surface area contributed by atoms with E-state index >= 15 is 0 Å². The normalized spacial score (nSPS) is 17.6. The van der Waals surface area contributed by atoms with Crippen molar-refractivity contribution >= 4 is 5.97 Å². The lowest BCUT2D eigenvalue weighted by Crippen LogP contribution is -2.04. The van der Waals surface area contributed by atoms with Crippen LogP contribution in [0.15, 0.2) is 30.3 Å². The van der Waals surface area contributed by atoms with Gasteiger partial charge in [-0.2, -0.15) is 0 Å². The van der Waals surface area contributed by atoms with E-state index in [2.05, 4.69) is 0 Å². The van der Waals surface area contributed by atoms with Gasteiger partial charge in [-0.3, -0.25) is 0 Å². The van der Waals surface area contributed by atoms with Crippen LogP contribution in [0.3, 0.4) is 0 Å². The zero-order valence-electron chi connectivity index (χ0n) is 11.1. The Hall–Kier alpha value is -1.39. The van der Waals surface area contributed by atoms with Gasteiger partial charge < -0.3 is 14.9 Å². The zero-order chi connectivity index (χ0) is 13.9. The first-order valence-corrected chi connectivity index (χ1v) is 6.75. The number of unbranched alkanes of at least 4 members (excludes halogenated alkanes) is 1. The summed E-state index contributed by atoms with van der Waals surface area (Å²) in [7, 11) is 0. The quantitative estimate of drug-likeness (QED) is 0.804. The molecular formula is C15H22O4. The lowest BCUT2D eigenvalue weighted by molar-refractivity contribution is 0.0697. The van der Waals surface area contributed by atoms with Gasteiger partial charge in [0.15, 0.2) is 0 Å². The Morgan fingerprint density at radius 1 is 1.26 bits per heavy atom. The number of ether oxygens (including phenoxy) is 1. The first kappa shape index (κ1) is 15.7. The Balaban J connectivity index is 0.000000191. The van der Waals surface area contributed by atoms with Crippen LogP contribution in [-0.4, -0.2) is 35.5 Å². The van der Waals surface area contributed by atoms with Crippen molar-refractivity contribution in [1.82, 2.24) is 0 Å². The summed E-state index contributed by atoms with van der Waals surface area (Å²) < 4.78 is 5.42. The van der Waals surface area contributed by atoms with Crippen molar-refractivity contribution in [3.8, 4) is 0 Å². The molecule has 0 unspecified atom stereocenters. The highest BCUT2D eigenvalue weighted by Crippen LogP contribution is 2.17. The molecule has 19 heavy (non-hydrogen) atoms. The molecule has 1 aliphatic rings. The maximum Gasteiger partial charge on any atom is 0.335 e. The van der Waals surface area contributed by atoms with Crippen molar-refractivity contribution in [2.45, 2.75) is 38.2 Å². The lowest BCUT2D eigenvalue weighted by atomic mass is 10.1. The van der Waals surface area contributed by atoms with E-state index in [1.165, 1.54) is 12.8 Å². The first-order chi connectivity index (χ1) is 9.24. The van der Waals surface area contributed by atoms with E-state index < -0.39 is 5.97 Å². The van der Waals surface area contributed by atoms with Gasteiger partial charge in [0, 0.05) is 13.2 Å². The van der Waals surface area contributed by atoms with Gasteiger partial charge in [0.1, 0.15) is 0 Å². The second-order valence-corrected chi connectivity index (χ2v) is 4.53. The predicted octanol–water partition coefficient (Wildman–Crippen LogP) is 2.71. The molecule has 2 N–H and O–H groups in total. The largest absolute Gasteiger partial charge is 0.478 e. The van der Waals surface area contributed by atoms with Crippen LogP contribution in [0.25, 0.3) is 0 Å². The van der Waals surface area contributed by atoms with Crippen LogP contribution in [0.2, 0.25) is 0 Å². The van der Waals surface area contributed by atoms with Gasteiger partial charge in [-0.05, 0) is 44.2 Å². The molecule has 0 radical (unpaired) electrons. The molecule has 0 amide bonds. The van der Waals surface area contributed by atoms with Crippen molar-refractivity contribution in [1.29, 1.82) is 0 Å². The predicted molar refractivity (Wildman–Crippen MR) is 73.3 cm³/mol. The Bertz CT molecular complexity index is 344. The first-order valence-electron chi connectivity index (χ1n) is 6.75. The Morgan fingerprint density at radius 3 is 2.47 bits per heavy atom. The fourth-order valence-electron chi connectivity index (χ4n) is 1.94. The number of aliphatic hydroxyl groups excluding tert-OH is 1. The smallest absolute Gasteiger partial charge is 0.335 e. The molecule has 0 saturated carbocycles. The summed E-state index contributed by atoms with van der Waals surface area (Å²) in [6, 6.07) is 8.30. The van der Waals surface area contributed by atoms with Gasteiger partial charge in [-0.15, -0.1) is 0 Å². The zero-order valence-corrected chi connectivity index (χ0v) is 11.1. The van der Waals surface area contributed by atoms with Crippen molar-refractivity contribution in [2.24, 2.45) is 0 Å². The van der Waals surface area contributed by atoms with Crippen molar-refractivity contribution < 1.29 is 19.7 Å². The molecule has 0 aliphatic carbocycles. The lowest BCUT2D eigenvalue weighted by Gasteiger charge is -2.06. The van der Waals surface area contributed by atoms with Crippen LogP contribution in [0, 0.1) is 0 Å². The van der Waals surface area contributed by atoms with Crippen LogP contribution in [0.5, 0.6) is 0 Å². The van der Waals surface area contributed by atoms with Gasteiger partial charge in [0.2, 0.25) is 0 Å². The third-order valence-corrected chi connectivity index (χ3v) is 2.98. The molecule has 4 heteroatoms. The number of carboxylic acid groups (broad SMARTS) is 1. The van der Waals surface area contributed by atoms with Crippen molar-refractivity contribution in [2.75, 3.05) is 13.2 Å². The van der Waals surface area contributed by atoms with Crippen LogP contribution in [0.1, 0.15) is 42.5 Å². The van der Waals surface area contributed by atoms with Gasteiger partial charge in [0.05, 0.1) is 11.7 Å². The van der Waals surface area contributed by atoms with E-state index in [-0.39, 0.29) is 0 Å². The molecule has 106 valence electrons. The van der Waals surface area contributed by atoms with Crippen LogP contribution in [-0.2, 0) is 4.74 Å². The van der Waals surface area contributed by atoms with Crippen LogP contribution >= 0.6 is 0 Å². The molecule has 1 fully saturated rings. The number of aromatic carboxylic acids is 1. The van der Waals surface area contributed by atoms with Gasteiger partial charge in [-0.1, -0.05) is 18.2 Å². The van der Waals surface area contributed by atoms with E-state index in [1.54, 1.807) is 30.3 Å². The molecule has 1 saturated heterocycles. The summed E-state index contributed by atoms with van der Waals surface area (Å²) in [5.41, 5.74) is 0.331. The summed E-state index contributed by atoms with van der Waals surface area (Å²) in [5.74, 6) is -0.879. The Morgan fingerprint density at radius 2 is 2.00 bits per heavy atom. The van der Waals surface area contributed by atoms with Gasteiger partial charge in [0.25, 0.3) is 0 Å². The highest BCUT2D eigenvalue weighted by atomic mass is 16.5. The highest BCUT2D eigenvalue weighted by molar-refractivity contribution is 5.87. The van der Waals surface area contributed by atoms with E-state index in [9.17, 15) is 4.79 Å². The summed E-state index contributed by atoms with van der Waals surface area (Å²) in [6.45, 7) is 1.27. The molecule has 4 nitrogen and oxygen atoms in total. The van der Waals surface area contributed by atoms with E-state index in [4.69, 9.17) is 14.9 Å². The van der Waals surface area contributed by atoms with E-state index in [0.29, 0.717) is 18.3 Å². The number of benzene rings is 1. The molecule has 1 heterocycles. The fourth-order valence-corrected chi connectivity index (χ4v) is 1.94. The number of carbonyl (C=O) groups is 1. The Kier molecular flexibility index (Phi) is 7.86. The molecular weight excluding hydrogens is 244 g/mol. The molecule has 0 spiro atoms. The number of carboxylic acids is 1. The maximum absolute atomic E-state index is 10.2. The summed E-state index contributed by atoms with van der Waals surface area (Å²) in [6.07, 6.45) is 6.14. The summed E-state index contributed by atoms with van der Waals surface area (Å²) in [4.78, 5) is 10.2. The van der Waals surface area contributed by atoms with Gasteiger partial charge in [-0.25, -0.2) is 4.79 Å². The number of hydrogen-bond donors (Lipinski definition) is 2. The SMILES string of the molecule is O=C(O)c1ccccc1.OCCCC[C@H]1CCCO1. The van der Waals surface area contributed by atoms with Crippen LogP contribution < -0.4 is 0 Å². The van der Waals surface area contributed by atoms with Crippen molar-refractivity contribution in [3.05, 3.63) is 35.9 Å². The second-order valence-electron chi connectivity index (χ2n) is 4.53. The molecule has 1 aromatic rings. The average molecular weight is 266 g/mol. The summed E-state index contributed by atoms with van der Waals surface area (Å²) in [5, 5.41) is 16.9. The molecule has 1 aromatic carbocycles. The maximum atomic E-state index is 10.2. The standard InChI is InChI=1S/C8H16O2.C7H6O2/c9-6-2-1-4-8-5-3-7-10-8;8-7(9)6-4-2-1-3-5-6/h8-9H,1-7H2;1-5H,(H,8,9)/t8-;/m0./s1. The third-order valence-electron chi connectivity index (χ3n) is 2.98. The molecule has 0 aromatic heterocycles. The Labute approximate surface area is 114 Å². The topological polar surface area (TPSA) is 66.8 Å². The van der Waals surface area contributed by atoms with E-state index in [0.717, 1.165) is 25.9 Å². The monoisotopic (exact) mass is 266 g/mol. The molecule has 0 bridgehead atoms. The number of hydrogen-bond acceptors (Lipinski definition) is 3. The second kappa shape index (κ2) is 9.53. The fraction of sp³-hybridized carbons (Fsp3) is 0.533. The minimum atomic E-state index is -0.879. The average Bonchev–Trinajstić information content (AvgIpc) is 2.94.